The van der Waals surface area contributed by atoms with Crippen LogP contribution in [0.25, 0.3) is 0 Å². The van der Waals surface area contributed by atoms with Crippen LogP contribution in [0.2, 0.25) is 0 Å². The van der Waals surface area contributed by atoms with Crippen molar-refractivity contribution < 1.29 is 4.79 Å². The number of nitrogens with zero attached hydrogens (tertiary/aromatic N) is 1. The number of carbonyl (C=O) groups is 1. The molecule has 1 heterocycles. The van der Waals surface area contributed by atoms with Gasteiger partial charge in [0.25, 0.3) is 0 Å². The summed E-state index contributed by atoms with van der Waals surface area (Å²) >= 11 is 3.41. The minimum atomic E-state index is 0.00296. The third-order valence-corrected chi connectivity index (χ3v) is 3.95. The molecule has 1 aromatic rings. The first-order chi connectivity index (χ1) is 8.56. The number of hydrogen-bond donors (Lipinski definition) is 2. The van der Waals surface area contributed by atoms with Crippen molar-refractivity contribution in [2.75, 3.05) is 25.0 Å². The van der Waals surface area contributed by atoms with E-state index >= 15 is 0 Å². The Balaban J connectivity index is 1.88. The van der Waals surface area contributed by atoms with E-state index in [1.165, 1.54) is 0 Å². The largest absolute Gasteiger partial charge is 0.326 e. The molecular weight excluding hydrogens is 294 g/mol. The average molecular weight is 312 g/mol. The fourth-order valence-corrected chi connectivity index (χ4v) is 2.56. The molecule has 98 valence electrons. The first kappa shape index (κ1) is 13.5. The van der Waals surface area contributed by atoms with E-state index in [1.807, 2.05) is 24.3 Å². The Labute approximate surface area is 116 Å². The number of benzene rings is 1. The summed E-state index contributed by atoms with van der Waals surface area (Å²) in [5, 5.41) is 2.90. The molecule has 2 rings (SSSR count). The van der Waals surface area contributed by atoms with Crippen LogP contribution in [-0.4, -0.2) is 36.5 Å². The molecule has 0 bridgehead atoms. The molecule has 1 aliphatic heterocycles. The molecule has 3 N–H and O–H groups in total. The molecule has 0 aliphatic carbocycles. The van der Waals surface area contributed by atoms with Gasteiger partial charge in [-0.1, -0.05) is 19.1 Å². The maximum absolute atomic E-state index is 11.9. The van der Waals surface area contributed by atoms with Crippen LogP contribution in [0.3, 0.4) is 0 Å². The van der Waals surface area contributed by atoms with Gasteiger partial charge in [-0.2, -0.15) is 0 Å². The van der Waals surface area contributed by atoms with E-state index in [4.69, 9.17) is 5.73 Å². The smallest absolute Gasteiger partial charge is 0.238 e. The molecule has 0 spiro atoms. The van der Waals surface area contributed by atoms with Crippen LogP contribution in [0.15, 0.2) is 28.7 Å². The number of likely N-dealkylation sites (tertiary alicyclic amines) is 1. The van der Waals surface area contributed by atoms with Gasteiger partial charge >= 0.3 is 0 Å². The van der Waals surface area contributed by atoms with E-state index in [0.29, 0.717) is 12.5 Å². The maximum Gasteiger partial charge on any atom is 0.238 e. The zero-order chi connectivity index (χ0) is 13.1. The van der Waals surface area contributed by atoms with E-state index in [1.54, 1.807) is 0 Å². The maximum atomic E-state index is 11.9. The Morgan fingerprint density at radius 1 is 1.50 bits per heavy atom. The number of nitrogens with two attached hydrogens (primary N) is 1. The number of amides is 1. The van der Waals surface area contributed by atoms with Crippen molar-refractivity contribution >= 4 is 27.5 Å². The quantitative estimate of drug-likeness (QED) is 0.892. The summed E-state index contributed by atoms with van der Waals surface area (Å²) in [4.78, 5) is 14.0. The zero-order valence-corrected chi connectivity index (χ0v) is 12.0. The summed E-state index contributed by atoms with van der Waals surface area (Å²) in [5.41, 5.74) is 6.74. The van der Waals surface area contributed by atoms with Crippen LogP contribution in [0.5, 0.6) is 0 Å². The Morgan fingerprint density at radius 2 is 2.22 bits per heavy atom. The van der Waals surface area contributed by atoms with E-state index in [-0.39, 0.29) is 11.9 Å². The van der Waals surface area contributed by atoms with Gasteiger partial charge in [0.05, 0.1) is 12.2 Å². The average Bonchev–Trinajstić information content (AvgIpc) is 2.61. The Kier molecular flexibility index (Phi) is 4.37. The number of carbonyl (C=O) groups excluding carboxylic acids is 1. The van der Waals surface area contributed by atoms with Gasteiger partial charge < -0.3 is 11.1 Å². The third-order valence-electron chi connectivity index (χ3n) is 3.26. The first-order valence-electron chi connectivity index (χ1n) is 6.08. The summed E-state index contributed by atoms with van der Waals surface area (Å²) in [6.45, 7) is 4.21. The fourth-order valence-electron chi connectivity index (χ4n) is 2.18. The number of halogens is 1. The van der Waals surface area contributed by atoms with Crippen molar-refractivity contribution in [3.8, 4) is 0 Å². The van der Waals surface area contributed by atoms with Crippen molar-refractivity contribution in [3.05, 3.63) is 28.7 Å². The standard InChI is InChI=1S/C13H18BrN3O/c1-9-6-17(7-11(9)15)8-13(18)16-12-5-3-2-4-10(12)14/h2-5,9,11H,6-8,15H2,1H3,(H,16,18). The second-order valence-corrected chi connectivity index (χ2v) is 5.72. The molecule has 2 atom stereocenters. The highest BCUT2D eigenvalue weighted by atomic mass is 79.9. The summed E-state index contributed by atoms with van der Waals surface area (Å²) in [7, 11) is 0. The fraction of sp³-hybridized carbons (Fsp3) is 0.462. The van der Waals surface area contributed by atoms with Crippen molar-refractivity contribution in [2.24, 2.45) is 11.7 Å². The van der Waals surface area contributed by atoms with Crippen molar-refractivity contribution in [2.45, 2.75) is 13.0 Å². The lowest BCUT2D eigenvalue weighted by atomic mass is 10.1. The predicted molar refractivity (Wildman–Crippen MR) is 76.4 cm³/mol. The molecular formula is C13H18BrN3O. The van der Waals surface area contributed by atoms with Crippen LogP contribution >= 0.6 is 15.9 Å². The number of rotatable bonds is 3. The van der Waals surface area contributed by atoms with E-state index in [2.05, 4.69) is 33.1 Å². The lowest BCUT2D eigenvalue weighted by Gasteiger charge is -2.15. The molecule has 5 heteroatoms. The van der Waals surface area contributed by atoms with Crippen LogP contribution in [0.1, 0.15) is 6.92 Å². The molecule has 0 saturated carbocycles. The molecule has 0 aromatic heterocycles. The Morgan fingerprint density at radius 3 is 2.83 bits per heavy atom. The monoisotopic (exact) mass is 311 g/mol. The van der Waals surface area contributed by atoms with Gasteiger partial charge in [-0.15, -0.1) is 0 Å². The normalized spacial score (nSPS) is 24.2. The third kappa shape index (κ3) is 3.31. The molecule has 1 amide bonds. The van der Waals surface area contributed by atoms with Gasteiger partial charge in [0.15, 0.2) is 0 Å². The predicted octanol–water partition coefficient (Wildman–Crippen LogP) is 1.67. The Hall–Kier alpha value is -0.910. The summed E-state index contributed by atoms with van der Waals surface area (Å²) in [6, 6.07) is 7.78. The van der Waals surface area contributed by atoms with E-state index in [9.17, 15) is 4.79 Å². The van der Waals surface area contributed by atoms with Gasteiger partial charge in [0, 0.05) is 23.6 Å². The van der Waals surface area contributed by atoms with Crippen LogP contribution < -0.4 is 11.1 Å². The SMILES string of the molecule is CC1CN(CC(=O)Nc2ccccc2Br)CC1N. The van der Waals surface area contributed by atoms with Crippen molar-refractivity contribution in [3.63, 3.8) is 0 Å². The van der Waals surface area contributed by atoms with Crippen LogP contribution in [-0.2, 0) is 4.79 Å². The number of hydrogen-bond acceptors (Lipinski definition) is 3. The Bertz CT molecular complexity index is 428. The number of anilines is 1. The lowest BCUT2D eigenvalue weighted by Crippen LogP contribution is -2.33. The minimum absolute atomic E-state index is 0.00296. The zero-order valence-electron chi connectivity index (χ0n) is 10.4. The second kappa shape index (κ2) is 5.82. The number of nitrogens with one attached hydrogen (secondary N) is 1. The van der Waals surface area contributed by atoms with Crippen LogP contribution in [0.4, 0.5) is 5.69 Å². The van der Waals surface area contributed by atoms with Gasteiger partial charge in [-0.05, 0) is 34.0 Å². The van der Waals surface area contributed by atoms with E-state index in [0.717, 1.165) is 23.2 Å². The molecule has 18 heavy (non-hydrogen) atoms. The molecule has 0 radical (unpaired) electrons. The van der Waals surface area contributed by atoms with E-state index < -0.39 is 0 Å². The molecule has 1 aliphatic rings. The van der Waals surface area contributed by atoms with Crippen molar-refractivity contribution in [1.82, 2.24) is 4.90 Å². The highest BCUT2D eigenvalue weighted by Crippen LogP contribution is 2.21. The summed E-state index contributed by atoms with van der Waals surface area (Å²) < 4.78 is 0.893. The molecule has 2 unspecified atom stereocenters. The van der Waals surface area contributed by atoms with Crippen molar-refractivity contribution in [1.29, 1.82) is 0 Å². The van der Waals surface area contributed by atoms with Gasteiger partial charge in [0.2, 0.25) is 5.91 Å². The van der Waals surface area contributed by atoms with Gasteiger partial charge in [-0.3, -0.25) is 9.69 Å². The molecule has 1 saturated heterocycles. The minimum Gasteiger partial charge on any atom is -0.326 e. The number of para-hydroxylation sites is 1. The topological polar surface area (TPSA) is 58.4 Å². The summed E-state index contributed by atoms with van der Waals surface area (Å²) in [5.74, 6) is 0.462. The molecule has 1 aromatic carbocycles. The highest BCUT2D eigenvalue weighted by molar-refractivity contribution is 9.10. The molecule has 4 nitrogen and oxygen atoms in total. The van der Waals surface area contributed by atoms with Gasteiger partial charge in [0.1, 0.15) is 0 Å². The first-order valence-corrected chi connectivity index (χ1v) is 6.88. The summed E-state index contributed by atoms with van der Waals surface area (Å²) in [6.07, 6.45) is 0. The molecule has 1 fully saturated rings. The van der Waals surface area contributed by atoms with Crippen LogP contribution in [0, 0.1) is 5.92 Å². The second-order valence-electron chi connectivity index (χ2n) is 4.86. The highest BCUT2D eigenvalue weighted by Gasteiger charge is 2.27. The van der Waals surface area contributed by atoms with Gasteiger partial charge in [-0.25, -0.2) is 0 Å². The lowest BCUT2D eigenvalue weighted by molar-refractivity contribution is -0.117.